The standard InChI is InChI=1S/C4H5NSe/c1-2-5-4-6-3-1/h1-3H,4H2. The van der Waals surface area contributed by atoms with Crippen molar-refractivity contribution in [3.05, 3.63) is 11.1 Å². The molecule has 0 fully saturated rings. The first-order chi connectivity index (χ1) is 3.00. The molecule has 0 unspecified atom stereocenters. The van der Waals surface area contributed by atoms with Crippen molar-refractivity contribution < 1.29 is 0 Å². The van der Waals surface area contributed by atoms with Crippen molar-refractivity contribution in [2.75, 3.05) is 5.44 Å². The summed E-state index contributed by atoms with van der Waals surface area (Å²) in [6.45, 7) is 0. The van der Waals surface area contributed by atoms with E-state index in [9.17, 15) is 0 Å². The fourth-order valence-electron chi connectivity index (χ4n) is 0.281. The Morgan fingerprint density at radius 2 is 2.67 bits per heavy atom. The third-order valence-electron chi connectivity index (χ3n) is 0.515. The molecule has 6 heavy (non-hydrogen) atoms. The summed E-state index contributed by atoms with van der Waals surface area (Å²) in [5, 5.41) is 0. The molecule has 32 valence electrons. The third-order valence-corrected chi connectivity index (χ3v) is 1.87. The van der Waals surface area contributed by atoms with Crippen LogP contribution >= 0.6 is 0 Å². The number of aliphatic imine (C=N–C) groups is 1. The molecule has 0 bridgehead atoms. The number of hydrogen-bond donors (Lipinski definition) is 0. The normalized spacial score (nSPS) is 18.7. The van der Waals surface area contributed by atoms with Crippen LogP contribution in [0.3, 0.4) is 0 Å². The molecule has 0 aromatic rings. The molecule has 0 atom stereocenters. The Hall–Kier alpha value is -0.0705. The molecule has 0 saturated carbocycles. The fraction of sp³-hybridized carbons (Fsp3) is 0.250. The van der Waals surface area contributed by atoms with Gasteiger partial charge in [0.05, 0.1) is 0 Å². The molecule has 1 rings (SSSR count). The maximum atomic E-state index is 3.99. The third kappa shape index (κ3) is 0.959. The van der Waals surface area contributed by atoms with E-state index in [1.165, 1.54) is 0 Å². The van der Waals surface area contributed by atoms with Gasteiger partial charge in [0.25, 0.3) is 0 Å². The molecule has 2 heteroatoms. The van der Waals surface area contributed by atoms with E-state index in [1.807, 2.05) is 12.3 Å². The van der Waals surface area contributed by atoms with Gasteiger partial charge >= 0.3 is 42.7 Å². The van der Waals surface area contributed by atoms with Crippen LogP contribution in [-0.2, 0) is 0 Å². The minimum atomic E-state index is 0.675. The van der Waals surface area contributed by atoms with Gasteiger partial charge in [0.15, 0.2) is 0 Å². The maximum absolute atomic E-state index is 3.99. The number of nitrogens with zero attached hydrogens (tertiary/aromatic N) is 1. The fourth-order valence-corrected chi connectivity index (χ4v) is 1.20. The van der Waals surface area contributed by atoms with Gasteiger partial charge in [0.1, 0.15) is 0 Å². The van der Waals surface area contributed by atoms with Crippen LogP contribution in [0.2, 0.25) is 0 Å². The van der Waals surface area contributed by atoms with Crippen LogP contribution < -0.4 is 0 Å². The number of allylic oxidation sites excluding steroid dienone is 1. The summed E-state index contributed by atoms with van der Waals surface area (Å²) >= 11 is 0.675. The molecule has 1 nitrogen and oxygen atoms in total. The Bertz CT molecular complexity index is 73.5. The minimum absolute atomic E-state index is 0.675. The predicted octanol–water partition coefficient (Wildman–Crippen LogP) is 0.246. The summed E-state index contributed by atoms with van der Waals surface area (Å²) in [5.41, 5.74) is 1.05. The second-order valence-corrected chi connectivity index (χ2v) is 2.77. The molecule has 1 heterocycles. The van der Waals surface area contributed by atoms with Crippen molar-refractivity contribution >= 4 is 21.2 Å². The van der Waals surface area contributed by atoms with Gasteiger partial charge in [-0.25, -0.2) is 0 Å². The Balaban J connectivity index is 2.46. The molecule has 0 aliphatic carbocycles. The summed E-state index contributed by atoms with van der Waals surface area (Å²) < 4.78 is 0. The van der Waals surface area contributed by atoms with Crippen molar-refractivity contribution in [1.82, 2.24) is 0 Å². The monoisotopic (exact) mass is 147 g/mol. The molecule has 0 spiro atoms. The van der Waals surface area contributed by atoms with E-state index in [-0.39, 0.29) is 0 Å². The van der Waals surface area contributed by atoms with Gasteiger partial charge < -0.3 is 0 Å². The summed E-state index contributed by atoms with van der Waals surface area (Å²) in [6.07, 6.45) is 3.86. The predicted molar refractivity (Wildman–Crippen MR) is 28.3 cm³/mol. The molecule has 0 saturated heterocycles. The summed E-state index contributed by atoms with van der Waals surface area (Å²) in [6, 6.07) is 0. The van der Waals surface area contributed by atoms with Crippen LogP contribution in [0, 0.1) is 0 Å². The van der Waals surface area contributed by atoms with Crippen molar-refractivity contribution in [1.29, 1.82) is 0 Å². The topological polar surface area (TPSA) is 12.4 Å². The zero-order valence-electron chi connectivity index (χ0n) is 3.29. The first-order valence-electron chi connectivity index (χ1n) is 1.77. The molecule has 1 aliphatic heterocycles. The van der Waals surface area contributed by atoms with Crippen LogP contribution in [0.5, 0.6) is 0 Å². The Morgan fingerprint density at radius 3 is 2.83 bits per heavy atom. The van der Waals surface area contributed by atoms with E-state index in [0.29, 0.717) is 15.0 Å². The van der Waals surface area contributed by atoms with Crippen LogP contribution in [0.15, 0.2) is 16.0 Å². The average Bonchev–Trinajstić information content (AvgIpc) is 1.72. The van der Waals surface area contributed by atoms with Gasteiger partial charge in [0.2, 0.25) is 0 Å². The second kappa shape index (κ2) is 2.16. The molecule has 0 aromatic heterocycles. The van der Waals surface area contributed by atoms with Crippen molar-refractivity contribution in [3.63, 3.8) is 0 Å². The molecule has 0 radical (unpaired) electrons. The van der Waals surface area contributed by atoms with E-state index in [2.05, 4.69) is 9.97 Å². The van der Waals surface area contributed by atoms with Gasteiger partial charge in [-0.1, -0.05) is 0 Å². The second-order valence-electron chi connectivity index (χ2n) is 0.956. The molecule has 1 aliphatic rings. The van der Waals surface area contributed by atoms with Gasteiger partial charge in [-0.2, -0.15) is 0 Å². The SMILES string of the molecule is C1=C[Se]CN=C1. The van der Waals surface area contributed by atoms with Crippen LogP contribution in [0.25, 0.3) is 0 Å². The van der Waals surface area contributed by atoms with Crippen molar-refractivity contribution in [3.8, 4) is 0 Å². The van der Waals surface area contributed by atoms with E-state index >= 15 is 0 Å². The quantitative estimate of drug-likeness (QED) is 0.434. The molecular formula is C4H5NSe. The number of hydrogen-bond acceptors (Lipinski definition) is 1. The zero-order chi connectivity index (χ0) is 4.24. The van der Waals surface area contributed by atoms with E-state index < -0.39 is 0 Å². The van der Waals surface area contributed by atoms with Crippen molar-refractivity contribution in [2.45, 2.75) is 0 Å². The van der Waals surface area contributed by atoms with Crippen LogP contribution in [0.1, 0.15) is 0 Å². The molecular weight excluding hydrogens is 141 g/mol. The van der Waals surface area contributed by atoms with Crippen molar-refractivity contribution in [2.24, 2.45) is 4.99 Å². The zero-order valence-corrected chi connectivity index (χ0v) is 5.01. The Labute approximate surface area is 43.3 Å². The van der Waals surface area contributed by atoms with Crippen LogP contribution in [-0.4, -0.2) is 26.6 Å². The Kier molecular flexibility index (Phi) is 1.48. The molecule has 0 N–H and O–H groups in total. The number of rotatable bonds is 0. The summed E-state index contributed by atoms with van der Waals surface area (Å²) in [4.78, 5) is 6.17. The van der Waals surface area contributed by atoms with Gasteiger partial charge in [-0.05, 0) is 0 Å². The van der Waals surface area contributed by atoms with Gasteiger partial charge in [-0.15, -0.1) is 0 Å². The van der Waals surface area contributed by atoms with Gasteiger partial charge in [0, 0.05) is 0 Å². The average molecular weight is 146 g/mol. The first-order valence-corrected chi connectivity index (χ1v) is 3.97. The molecule has 0 aromatic carbocycles. The van der Waals surface area contributed by atoms with E-state index in [4.69, 9.17) is 0 Å². The summed E-state index contributed by atoms with van der Waals surface area (Å²) in [7, 11) is 0. The summed E-state index contributed by atoms with van der Waals surface area (Å²) in [5.74, 6) is 0. The van der Waals surface area contributed by atoms with Gasteiger partial charge in [-0.3, -0.25) is 0 Å². The van der Waals surface area contributed by atoms with Crippen LogP contribution in [0.4, 0.5) is 0 Å². The Morgan fingerprint density at radius 1 is 1.67 bits per heavy atom. The first kappa shape index (κ1) is 4.10. The van der Waals surface area contributed by atoms with E-state index in [1.54, 1.807) is 0 Å². The van der Waals surface area contributed by atoms with E-state index in [0.717, 1.165) is 5.44 Å². The molecule has 0 amide bonds.